The van der Waals surface area contributed by atoms with Gasteiger partial charge < -0.3 is 4.90 Å². The van der Waals surface area contributed by atoms with E-state index in [1.54, 1.807) is 11.8 Å². The molecule has 0 saturated carbocycles. The molecule has 1 saturated heterocycles. The molecule has 2 heterocycles. The monoisotopic (exact) mass is 312 g/mol. The van der Waals surface area contributed by atoms with E-state index in [1.807, 2.05) is 53.8 Å². The first-order valence-electron chi connectivity index (χ1n) is 7.66. The van der Waals surface area contributed by atoms with Gasteiger partial charge >= 0.3 is 0 Å². The number of carbonyl (C=O) groups is 1. The second kappa shape index (κ2) is 6.97. The third kappa shape index (κ3) is 3.02. The third-order valence-electron chi connectivity index (χ3n) is 4.14. The molecule has 3 rings (SSSR count). The summed E-state index contributed by atoms with van der Waals surface area (Å²) in [6.45, 7) is 0.821. The van der Waals surface area contributed by atoms with Crippen molar-refractivity contribution in [2.24, 2.45) is 0 Å². The standard InChI is InChI=1S/C18H20N2OS/c1-22-17-15(10-7-12-19-17)16-11-5-6-13-20(16)18(21)14-8-3-2-4-9-14/h2-4,7-10,12,16H,5-6,11,13H2,1H3/t16-/m0/s1. The normalized spacial score (nSPS) is 18.2. The van der Waals surface area contributed by atoms with Crippen LogP contribution in [0.15, 0.2) is 53.7 Å². The smallest absolute Gasteiger partial charge is 0.254 e. The molecule has 1 atom stereocenters. The second-order valence-corrected chi connectivity index (χ2v) is 6.27. The molecule has 1 aromatic heterocycles. The summed E-state index contributed by atoms with van der Waals surface area (Å²) in [5, 5.41) is 1.03. The molecule has 4 heteroatoms. The van der Waals surface area contributed by atoms with Gasteiger partial charge in [-0.2, -0.15) is 0 Å². The van der Waals surface area contributed by atoms with Gasteiger partial charge in [0, 0.05) is 23.9 Å². The summed E-state index contributed by atoms with van der Waals surface area (Å²) in [5.41, 5.74) is 1.95. The van der Waals surface area contributed by atoms with E-state index in [1.165, 1.54) is 5.56 Å². The number of nitrogens with zero attached hydrogens (tertiary/aromatic N) is 2. The van der Waals surface area contributed by atoms with E-state index in [0.29, 0.717) is 0 Å². The summed E-state index contributed by atoms with van der Waals surface area (Å²) in [4.78, 5) is 19.4. The van der Waals surface area contributed by atoms with Crippen molar-refractivity contribution in [2.75, 3.05) is 12.8 Å². The molecule has 0 aliphatic carbocycles. The predicted octanol–water partition coefficient (Wildman–Crippen LogP) is 4.17. The first-order valence-corrected chi connectivity index (χ1v) is 8.88. The van der Waals surface area contributed by atoms with E-state index in [0.717, 1.165) is 36.4 Å². The van der Waals surface area contributed by atoms with Crippen molar-refractivity contribution in [2.45, 2.75) is 30.3 Å². The van der Waals surface area contributed by atoms with Crippen LogP contribution in [0.25, 0.3) is 0 Å². The minimum Gasteiger partial charge on any atom is -0.332 e. The Morgan fingerprint density at radius 1 is 1.18 bits per heavy atom. The average Bonchev–Trinajstić information content (AvgIpc) is 2.62. The van der Waals surface area contributed by atoms with E-state index in [9.17, 15) is 4.79 Å². The fourth-order valence-electron chi connectivity index (χ4n) is 3.07. The number of amides is 1. The maximum atomic E-state index is 12.9. The number of carbonyl (C=O) groups excluding carboxylic acids is 1. The van der Waals surface area contributed by atoms with Crippen LogP contribution < -0.4 is 0 Å². The molecule has 1 aliphatic rings. The topological polar surface area (TPSA) is 33.2 Å². The SMILES string of the molecule is CSc1ncccc1[C@@H]1CCCCN1C(=O)c1ccccc1. The maximum Gasteiger partial charge on any atom is 0.254 e. The molecule has 1 aliphatic heterocycles. The molecular formula is C18H20N2OS. The number of hydrogen-bond donors (Lipinski definition) is 0. The number of aromatic nitrogens is 1. The Balaban J connectivity index is 1.93. The first kappa shape index (κ1) is 15.1. The number of hydrogen-bond acceptors (Lipinski definition) is 3. The molecule has 3 nitrogen and oxygen atoms in total. The molecule has 0 bridgehead atoms. The van der Waals surface area contributed by atoms with Crippen LogP contribution in [-0.2, 0) is 0 Å². The van der Waals surface area contributed by atoms with Gasteiger partial charge in [-0.15, -0.1) is 11.8 Å². The van der Waals surface area contributed by atoms with E-state index < -0.39 is 0 Å². The lowest BCUT2D eigenvalue weighted by Gasteiger charge is -2.36. The van der Waals surface area contributed by atoms with Crippen LogP contribution in [0.1, 0.15) is 41.2 Å². The molecule has 22 heavy (non-hydrogen) atoms. The van der Waals surface area contributed by atoms with Gasteiger partial charge in [0.25, 0.3) is 5.91 Å². The van der Waals surface area contributed by atoms with E-state index in [2.05, 4.69) is 11.1 Å². The van der Waals surface area contributed by atoms with Gasteiger partial charge in [0.15, 0.2) is 0 Å². The van der Waals surface area contributed by atoms with Gasteiger partial charge in [-0.1, -0.05) is 24.3 Å². The van der Waals surface area contributed by atoms with Crippen LogP contribution in [0.2, 0.25) is 0 Å². The Bertz CT molecular complexity index is 645. The van der Waals surface area contributed by atoms with Gasteiger partial charge in [-0.3, -0.25) is 4.79 Å². The molecule has 1 amide bonds. The zero-order valence-electron chi connectivity index (χ0n) is 12.7. The highest BCUT2D eigenvalue weighted by molar-refractivity contribution is 7.98. The molecule has 0 radical (unpaired) electrons. The summed E-state index contributed by atoms with van der Waals surface area (Å²) in [6, 6.07) is 13.8. The highest BCUT2D eigenvalue weighted by atomic mass is 32.2. The Morgan fingerprint density at radius 2 is 2.00 bits per heavy atom. The summed E-state index contributed by atoms with van der Waals surface area (Å²) in [6.07, 6.45) is 7.10. The minimum absolute atomic E-state index is 0.126. The first-order chi connectivity index (χ1) is 10.8. The van der Waals surface area contributed by atoms with Gasteiger partial charge in [0.05, 0.1) is 6.04 Å². The zero-order chi connectivity index (χ0) is 15.4. The highest BCUT2D eigenvalue weighted by Gasteiger charge is 2.30. The van der Waals surface area contributed by atoms with Crippen LogP contribution in [0.3, 0.4) is 0 Å². The Kier molecular flexibility index (Phi) is 4.78. The van der Waals surface area contributed by atoms with Crippen LogP contribution >= 0.6 is 11.8 Å². The maximum absolute atomic E-state index is 12.9. The number of thioether (sulfide) groups is 1. The molecule has 0 unspecified atom stereocenters. The van der Waals surface area contributed by atoms with Crippen LogP contribution in [0.5, 0.6) is 0 Å². The Labute approximate surface area is 135 Å². The lowest BCUT2D eigenvalue weighted by molar-refractivity contribution is 0.0607. The molecule has 1 aromatic carbocycles. The van der Waals surface area contributed by atoms with Gasteiger partial charge in [0.2, 0.25) is 0 Å². The molecular weight excluding hydrogens is 292 g/mol. The van der Waals surface area contributed by atoms with Crippen LogP contribution in [-0.4, -0.2) is 28.6 Å². The van der Waals surface area contributed by atoms with Gasteiger partial charge in [0.1, 0.15) is 5.03 Å². The summed E-state index contributed by atoms with van der Waals surface area (Å²) in [7, 11) is 0. The minimum atomic E-state index is 0.126. The largest absolute Gasteiger partial charge is 0.332 e. The molecule has 1 fully saturated rings. The van der Waals surface area contributed by atoms with Crippen molar-refractivity contribution >= 4 is 17.7 Å². The molecule has 114 valence electrons. The number of rotatable bonds is 3. The lowest BCUT2D eigenvalue weighted by atomic mass is 9.95. The zero-order valence-corrected chi connectivity index (χ0v) is 13.6. The highest BCUT2D eigenvalue weighted by Crippen LogP contribution is 2.35. The van der Waals surface area contributed by atoms with E-state index in [4.69, 9.17) is 0 Å². The third-order valence-corrected chi connectivity index (χ3v) is 4.87. The van der Waals surface area contributed by atoms with Gasteiger partial charge in [-0.25, -0.2) is 4.98 Å². The number of likely N-dealkylation sites (tertiary alicyclic amines) is 1. The van der Waals surface area contributed by atoms with Crippen LogP contribution in [0.4, 0.5) is 0 Å². The quantitative estimate of drug-likeness (QED) is 0.798. The number of benzene rings is 1. The van der Waals surface area contributed by atoms with Crippen molar-refractivity contribution < 1.29 is 4.79 Å². The van der Waals surface area contributed by atoms with E-state index in [-0.39, 0.29) is 11.9 Å². The van der Waals surface area contributed by atoms with Crippen molar-refractivity contribution in [3.63, 3.8) is 0 Å². The molecule has 0 N–H and O–H groups in total. The Hall–Kier alpha value is -1.81. The van der Waals surface area contributed by atoms with Crippen molar-refractivity contribution in [3.8, 4) is 0 Å². The van der Waals surface area contributed by atoms with Crippen molar-refractivity contribution in [1.82, 2.24) is 9.88 Å². The predicted molar refractivity (Wildman–Crippen MR) is 90.1 cm³/mol. The summed E-state index contributed by atoms with van der Waals surface area (Å²) >= 11 is 1.65. The lowest BCUT2D eigenvalue weighted by Crippen LogP contribution is -2.38. The number of piperidine rings is 1. The van der Waals surface area contributed by atoms with Gasteiger partial charge in [-0.05, 0) is 43.7 Å². The van der Waals surface area contributed by atoms with Crippen molar-refractivity contribution in [3.05, 3.63) is 59.8 Å². The fourth-order valence-corrected chi connectivity index (χ4v) is 3.68. The second-order valence-electron chi connectivity index (χ2n) is 5.48. The summed E-state index contributed by atoms with van der Waals surface area (Å²) in [5.74, 6) is 0.126. The molecule has 2 aromatic rings. The van der Waals surface area contributed by atoms with E-state index >= 15 is 0 Å². The van der Waals surface area contributed by atoms with Crippen molar-refractivity contribution in [1.29, 1.82) is 0 Å². The average molecular weight is 312 g/mol. The summed E-state index contributed by atoms with van der Waals surface area (Å²) < 4.78 is 0. The molecule has 0 spiro atoms. The van der Waals surface area contributed by atoms with Crippen LogP contribution in [0, 0.1) is 0 Å². The Morgan fingerprint density at radius 3 is 2.77 bits per heavy atom. The number of pyridine rings is 1. The fraction of sp³-hybridized carbons (Fsp3) is 0.333.